The number of hydrogen-bond donors (Lipinski definition) is 1. The lowest BCUT2D eigenvalue weighted by atomic mass is 10.0. The van der Waals surface area contributed by atoms with Crippen molar-refractivity contribution in [1.29, 1.82) is 0 Å². The Balaban J connectivity index is 1.69. The summed E-state index contributed by atoms with van der Waals surface area (Å²) in [5.74, 6) is 0.671. The van der Waals surface area contributed by atoms with E-state index in [1.165, 1.54) is 24.8 Å². The molecule has 2 unspecified atom stereocenters. The van der Waals surface area contributed by atoms with Crippen LogP contribution < -0.4 is 0 Å². The van der Waals surface area contributed by atoms with Gasteiger partial charge in [-0.15, -0.1) is 0 Å². The van der Waals surface area contributed by atoms with Crippen LogP contribution in [0, 0.1) is 0 Å². The average molecular weight is 345 g/mol. The molecule has 138 valence electrons. The summed E-state index contributed by atoms with van der Waals surface area (Å²) < 4.78 is 7.42. The van der Waals surface area contributed by atoms with Crippen molar-refractivity contribution in [1.82, 2.24) is 14.7 Å². The standard InChI is InChI=1S/C20H31N3O2/c1-20(2,3)23-15-16(13-21-23)14-22-10-6-4-5-8-17(22)12-18(24)19-9-7-11-25-19/h7,9,11,13,15,17-18,24H,4-6,8,10,12,14H2,1-3H3. The van der Waals surface area contributed by atoms with E-state index >= 15 is 0 Å². The van der Waals surface area contributed by atoms with Crippen LogP contribution in [-0.4, -0.2) is 32.4 Å². The monoisotopic (exact) mass is 345 g/mol. The third-order valence-corrected chi connectivity index (χ3v) is 5.08. The Labute approximate surface area is 150 Å². The molecule has 0 bridgehead atoms. The van der Waals surface area contributed by atoms with Gasteiger partial charge in [0.15, 0.2) is 0 Å². The number of furan rings is 1. The van der Waals surface area contributed by atoms with Gasteiger partial charge in [0.2, 0.25) is 0 Å². The summed E-state index contributed by atoms with van der Waals surface area (Å²) >= 11 is 0. The van der Waals surface area contributed by atoms with Crippen LogP contribution in [0.15, 0.2) is 35.2 Å². The van der Waals surface area contributed by atoms with E-state index in [9.17, 15) is 5.11 Å². The highest BCUT2D eigenvalue weighted by Crippen LogP contribution is 2.28. The molecule has 25 heavy (non-hydrogen) atoms. The summed E-state index contributed by atoms with van der Waals surface area (Å²) in [4.78, 5) is 2.52. The number of aliphatic hydroxyl groups excluding tert-OH is 1. The molecule has 1 saturated heterocycles. The molecule has 3 heterocycles. The van der Waals surface area contributed by atoms with Gasteiger partial charge in [0, 0.05) is 24.3 Å². The van der Waals surface area contributed by atoms with Crippen molar-refractivity contribution < 1.29 is 9.52 Å². The van der Waals surface area contributed by atoms with Gasteiger partial charge in [-0.2, -0.15) is 5.10 Å². The molecule has 1 N–H and O–H groups in total. The van der Waals surface area contributed by atoms with E-state index in [4.69, 9.17) is 4.42 Å². The van der Waals surface area contributed by atoms with Gasteiger partial charge in [-0.1, -0.05) is 12.8 Å². The Kier molecular flexibility index (Phi) is 5.64. The minimum atomic E-state index is -0.530. The van der Waals surface area contributed by atoms with Crippen LogP contribution in [0.5, 0.6) is 0 Å². The first-order chi connectivity index (χ1) is 11.9. The van der Waals surface area contributed by atoms with E-state index in [-0.39, 0.29) is 5.54 Å². The maximum Gasteiger partial charge on any atom is 0.132 e. The number of aliphatic hydroxyl groups is 1. The maximum atomic E-state index is 10.5. The van der Waals surface area contributed by atoms with Crippen molar-refractivity contribution in [3.05, 3.63) is 42.1 Å². The highest BCUT2D eigenvalue weighted by Gasteiger charge is 2.26. The fourth-order valence-corrected chi connectivity index (χ4v) is 3.61. The summed E-state index contributed by atoms with van der Waals surface area (Å²) in [6.45, 7) is 8.47. The van der Waals surface area contributed by atoms with Crippen LogP contribution in [0.1, 0.15) is 70.3 Å². The summed E-state index contributed by atoms with van der Waals surface area (Å²) in [5, 5.41) is 15.0. The first-order valence-electron chi connectivity index (χ1n) is 9.43. The minimum Gasteiger partial charge on any atom is -0.467 e. The number of nitrogens with zero attached hydrogens (tertiary/aromatic N) is 3. The van der Waals surface area contributed by atoms with Gasteiger partial charge in [0.1, 0.15) is 11.9 Å². The first-order valence-corrected chi connectivity index (χ1v) is 9.43. The van der Waals surface area contributed by atoms with Gasteiger partial charge in [-0.25, -0.2) is 0 Å². The molecule has 0 aliphatic carbocycles. The molecule has 2 aromatic heterocycles. The largest absolute Gasteiger partial charge is 0.467 e. The Morgan fingerprint density at radius 2 is 2.16 bits per heavy atom. The van der Waals surface area contributed by atoms with Crippen molar-refractivity contribution in [3.63, 3.8) is 0 Å². The minimum absolute atomic E-state index is 0.00587. The molecular weight excluding hydrogens is 314 g/mol. The molecule has 0 spiro atoms. The van der Waals surface area contributed by atoms with E-state index in [1.54, 1.807) is 6.26 Å². The second kappa shape index (κ2) is 7.75. The highest BCUT2D eigenvalue weighted by molar-refractivity contribution is 5.07. The van der Waals surface area contributed by atoms with Crippen LogP contribution in [0.4, 0.5) is 0 Å². The van der Waals surface area contributed by atoms with Crippen molar-refractivity contribution >= 4 is 0 Å². The zero-order chi connectivity index (χ0) is 17.9. The molecule has 0 saturated carbocycles. The van der Waals surface area contributed by atoms with Crippen LogP contribution in [-0.2, 0) is 12.1 Å². The molecule has 1 fully saturated rings. The van der Waals surface area contributed by atoms with Gasteiger partial charge in [0.25, 0.3) is 0 Å². The topological polar surface area (TPSA) is 54.4 Å². The van der Waals surface area contributed by atoms with Crippen molar-refractivity contribution in [2.75, 3.05) is 6.54 Å². The third-order valence-electron chi connectivity index (χ3n) is 5.08. The third kappa shape index (κ3) is 4.73. The molecule has 3 rings (SSSR count). The molecule has 0 aromatic carbocycles. The van der Waals surface area contributed by atoms with Gasteiger partial charge in [-0.05, 0) is 58.7 Å². The van der Waals surface area contributed by atoms with Crippen LogP contribution >= 0.6 is 0 Å². The molecule has 0 radical (unpaired) electrons. The van der Waals surface area contributed by atoms with Gasteiger partial charge in [0.05, 0.1) is 18.0 Å². The summed E-state index contributed by atoms with van der Waals surface area (Å²) in [7, 11) is 0. The number of likely N-dealkylation sites (tertiary alicyclic amines) is 1. The highest BCUT2D eigenvalue weighted by atomic mass is 16.4. The molecule has 5 nitrogen and oxygen atoms in total. The zero-order valence-electron chi connectivity index (χ0n) is 15.7. The Morgan fingerprint density at radius 3 is 2.84 bits per heavy atom. The normalized spacial score (nSPS) is 21.2. The average Bonchev–Trinajstić information content (AvgIpc) is 3.19. The van der Waals surface area contributed by atoms with Crippen molar-refractivity contribution in [3.8, 4) is 0 Å². The van der Waals surface area contributed by atoms with E-state index < -0.39 is 6.10 Å². The summed E-state index contributed by atoms with van der Waals surface area (Å²) in [5.41, 5.74) is 1.25. The maximum absolute atomic E-state index is 10.5. The summed E-state index contributed by atoms with van der Waals surface area (Å²) in [6, 6.07) is 4.07. The molecule has 2 atom stereocenters. The van der Waals surface area contributed by atoms with Crippen molar-refractivity contribution in [2.45, 2.75) is 77.1 Å². The van der Waals surface area contributed by atoms with Crippen LogP contribution in [0.25, 0.3) is 0 Å². The fraction of sp³-hybridized carbons (Fsp3) is 0.650. The SMILES string of the molecule is CC(C)(C)n1cc(CN2CCCCCC2CC(O)c2ccco2)cn1. The lowest BCUT2D eigenvalue weighted by Gasteiger charge is -2.30. The predicted molar refractivity (Wildman–Crippen MR) is 98.2 cm³/mol. The van der Waals surface area contributed by atoms with Gasteiger partial charge >= 0.3 is 0 Å². The van der Waals surface area contributed by atoms with Gasteiger partial charge in [-0.3, -0.25) is 9.58 Å². The first kappa shape index (κ1) is 18.2. The van der Waals surface area contributed by atoms with E-state index in [2.05, 4.69) is 37.0 Å². The number of hydrogen-bond acceptors (Lipinski definition) is 4. The summed E-state index contributed by atoms with van der Waals surface area (Å²) in [6.07, 6.45) is 10.8. The Bertz CT molecular complexity index is 642. The quantitative estimate of drug-likeness (QED) is 0.886. The van der Waals surface area contributed by atoms with E-state index in [1.807, 2.05) is 23.0 Å². The molecule has 1 aliphatic rings. The zero-order valence-corrected chi connectivity index (χ0v) is 15.7. The van der Waals surface area contributed by atoms with E-state index in [0.717, 1.165) is 25.9 Å². The second-order valence-electron chi connectivity index (χ2n) is 8.20. The molecule has 1 aliphatic heterocycles. The predicted octanol–water partition coefficient (Wildman–Crippen LogP) is 4.10. The van der Waals surface area contributed by atoms with E-state index in [0.29, 0.717) is 11.8 Å². The van der Waals surface area contributed by atoms with Gasteiger partial charge < -0.3 is 9.52 Å². The second-order valence-corrected chi connectivity index (χ2v) is 8.20. The lowest BCUT2D eigenvalue weighted by molar-refractivity contribution is 0.0830. The number of rotatable bonds is 5. The molecule has 2 aromatic rings. The molecular formula is C20H31N3O2. The Hall–Kier alpha value is -1.59. The van der Waals surface area contributed by atoms with Crippen molar-refractivity contribution in [2.24, 2.45) is 0 Å². The molecule has 5 heteroatoms. The van der Waals surface area contributed by atoms with Crippen LogP contribution in [0.2, 0.25) is 0 Å². The fourth-order valence-electron chi connectivity index (χ4n) is 3.61. The molecule has 0 amide bonds. The lowest BCUT2D eigenvalue weighted by Crippen LogP contribution is -2.35. The Morgan fingerprint density at radius 1 is 1.32 bits per heavy atom. The smallest absolute Gasteiger partial charge is 0.132 e. The van der Waals surface area contributed by atoms with Crippen LogP contribution in [0.3, 0.4) is 0 Å². The number of aromatic nitrogens is 2.